The summed E-state index contributed by atoms with van der Waals surface area (Å²) in [6.07, 6.45) is 0. The minimum atomic E-state index is 0.119. The summed E-state index contributed by atoms with van der Waals surface area (Å²) in [5.41, 5.74) is 3.83. The van der Waals surface area contributed by atoms with Crippen molar-refractivity contribution < 1.29 is 0 Å². The van der Waals surface area contributed by atoms with E-state index in [9.17, 15) is 0 Å². The summed E-state index contributed by atoms with van der Waals surface area (Å²) in [7, 11) is 0. The van der Waals surface area contributed by atoms with Crippen LogP contribution < -0.4 is 11.3 Å². The van der Waals surface area contributed by atoms with Crippen molar-refractivity contribution in [3.8, 4) is 0 Å². The summed E-state index contributed by atoms with van der Waals surface area (Å²) in [5, 5.41) is 0.763. The van der Waals surface area contributed by atoms with E-state index in [-0.39, 0.29) is 6.04 Å². The van der Waals surface area contributed by atoms with E-state index in [4.69, 9.17) is 17.4 Å². The lowest BCUT2D eigenvalue weighted by Gasteiger charge is -2.21. The predicted octanol–water partition coefficient (Wildman–Crippen LogP) is 2.50. The van der Waals surface area contributed by atoms with Crippen LogP contribution in [0.4, 0.5) is 0 Å². The summed E-state index contributed by atoms with van der Waals surface area (Å²) in [4.78, 5) is 0. The van der Waals surface area contributed by atoms with Crippen LogP contribution in [-0.2, 0) is 0 Å². The van der Waals surface area contributed by atoms with Gasteiger partial charge in [0.05, 0.1) is 0 Å². The van der Waals surface area contributed by atoms with Gasteiger partial charge in [-0.25, -0.2) is 0 Å². The second kappa shape index (κ2) is 4.61. The molecule has 0 spiro atoms. The molecule has 0 amide bonds. The van der Waals surface area contributed by atoms with Crippen molar-refractivity contribution in [3.63, 3.8) is 0 Å². The first kappa shape index (κ1) is 10.5. The van der Waals surface area contributed by atoms with Gasteiger partial charge in [0.25, 0.3) is 0 Å². The molecule has 0 radical (unpaired) electrons. The fraction of sp³-hybridized carbons (Fsp3) is 0.400. The summed E-state index contributed by atoms with van der Waals surface area (Å²) < 4.78 is 0. The number of benzene rings is 1. The zero-order valence-electron chi connectivity index (χ0n) is 7.92. The smallest absolute Gasteiger partial charge is 0.0497 e. The quantitative estimate of drug-likeness (QED) is 0.579. The maximum absolute atomic E-state index is 6.05. The molecule has 13 heavy (non-hydrogen) atoms. The van der Waals surface area contributed by atoms with Crippen LogP contribution in [0.2, 0.25) is 5.02 Å². The highest BCUT2D eigenvalue weighted by Crippen LogP contribution is 2.26. The van der Waals surface area contributed by atoms with Crippen molar-refractivity contribution in [1.29, 1.82) is 0 Å². The van der Waals surface area contributed by atoms with Crippen LogP contribution in [0.15, 0.2) is 24.3 Å². The zero-order chi connectivity index (χ0) is 9.84. The Labute approximate surface area is 84.1 Å². The molecule has 0 aliphatic rings. The average molecular weight is 199 g/mol. The molecule has 0 aliphatic carbocycles. The van der Waals surface area contributed by atoms with Gasteiger partial charge in [0, 0.05) is 11.1 Å². The number of hydrazine groups is 1. The molecule has 3 N–H and O–H groups in total. The highest BCUT2D eigenvalue weighted by Gasteiger charge is 2.15. The van der Waals surface area contributed by atoms with E-state index in [2.05, 4.69) is 19.3 Å². The van der Waals surface area contributed by atoms with Crippen LogP contribution >= 0.6 is 11.6 Å². The Hall–Kier alpha value is -0.570. The van der Waals surface area contributed by atoms with Crippen molar-refractivity contribution in [2.24, 2.45) is 11.8 Å². The maximum atomic E-state index is 6.05. The SMILES string of the molecule is CC(C)C(NN)c1ccccc1Cl. The van der Waals surface area contributed by atoms with E-state index in [1.54, 1.807) is 0 Å². The number of hydrogen-bond donors (Lipinski definition) is 2. The van der Waals surface area contributed by atoms with Crippen molar-refractivity contribution in [2.75, 3.05) is 0 Å². The third-order valence-corrected chi connectivity index (χ3v) is 2.43. The van der Waals surface area contributed by atoms with Crippen LogP contribution in [0, 0.1) is 5.92 Å². The van der Waals surface area contributed by atoms with Gasteiger partial charge in [0.15, 0.2) is 0 Å². The Morgan fingerprint density at radius 3 is 2.38 bits per heavy atom. The van der Waals surface area contributed by atoms with E-state index >= 15 is 0 Å². The Morgan fingerprint density at radius 2 is 1.92 bits per heavy atom. The van der Waals surface area contributed by atoms with Crippen molar-refractivity contribution >= 4 is 11.6 Å². The molecule has 3 heteroatoms. The van der Waals surface area contributed by atoms with E-state index in [0.717, 1.165) is 10.6 Å². The van der Waals surface area contributed by atoms with Gasteiger partial charge in [0.1, 0.15) is 0 Å². The number of rotatable bonds is 3. The second-order valence-corrected chi connectivity index (χ2v) is 3.82. The molecular formula is C10H15ClN2. The average Bonchev–Trinajstić information content (AvgIpc) is 2.09. The minimum Gasteiger partial charge on any atom is -0.271 e. The van der Waals surface area contributed by atoms with Crippen LogP contribution in [0.3, 0.4) is 0 Å². The molecule has 1 aromatic rings. The summed E-state index contributed by atoms with van der Waals surface area (Å²) in [5.74, 6) is 5.89. The topological polar surface area (TPSA) is 38.0 Å². The van der Waals surface area contributed by atoms with E-state index in [0.29, 0.717) is 5.92 Å². The van der Waals surface area contributed by atoms with Gasteiger partial charge in [0.2, 0.25) is 0 Å². The number of halogens is 1. The van der Waals surface area contributed by atoms with E-state index in [1.165, 1.54) is 0 Å². The summed E-state index contributed by atoms with van der Waals surface area (Å²) >= 11 is 6.05. The first-order chi connectivity index (χ1) is 6.16. The van der Waals surface area contributed by atoms with E-state index in [1.807, 2.05) is 24.3 Å². The molecule has 1 unspecified atom stereocenters. The summed E-state index contributed by atoms with van der Waals surface area (Å²) in [6, 6.07) is 7.87. The van der Waals surface area contributed by atoms with Gasteiger partial charge in [-0.3, -0.25) is 11.3 Å². The van der Waals surface area contributed by atoms with Crippen molar-refractivity contribution in [1.82, 2.24) is 5.43 Å². The van der Waals surface area contributed by atoms with Crippen LogP contribution in [0.1, 0.15) is 25.5 Å². The molecule has 1 aromatic carbocycles. The molecule has 1 atom stereocenters. The number of nitrogens with two attached hydrogens (primary N) is 1. The third kappa shape index (κ3) is 2.44. The Bertz CT molecular complexity index is 273. The Balaban J connectivity index is 2.97. The highest BCUT2D eigenvalue weighted by atomic mass is 35.5. The fourth-order valence-corrected chi connectivity index (χ4v) is 1.62. The van der Waals surface area contributed by atoms with Gasteiger partial charge in [-0.2, -0.15) is 0 Å². The number of nitrogens with one attached hydrogen (secondary N) is 1. The summed E-state index contributed by atoms with van der Waals surface area (Å²) in [6.45, 7) is 4.21. The van der Waals surface area contributed by atoms with Gasteiger partial charge < -0.3 is 0 Å². The number of hydrogen-bond acceptors (Lipinski definition) is 2. The molecule has 0 saturated heterocycles. The van der Waals surface area contributed by atoms with Crippen LogP contribution in [0.5, 0.6) is 0 Å². The predicted molar refractivity (Wildman–Crippen MR) is 56.4 cm³/mol. The van der Waals surface area contributed by atoms with Crippen molar-refractivity contribution in [3.05, 3.63) is 34.9 Å². The first-order valence-electron chi connectivity index (χ1n) is 4.37. The second-order valence-electron chi connectivity index (χ2n) is 3.41. The molecule has 0 saturated carbocycles. The Morgan fingerprint density at radius 1 is 1.31 bits per heavy atom. The molecule has 2 nitrogen and oxygen atoms in total. The lowest BCUT2D eigenvalue weighted by Crippen LogP contribution is -2.31. The highest BCUT2D eigenvalue weighted by molar-refractivity contribution is 6.31. The van der Waals surface area contributed by atoms with Gasteiger partial charge in [-0.1, -0.05) is 43.6 Å². The van der Waals surface area contributed by atoms with Crippen LogP contribution in [-0.4, -0.2) is 0 Å². The molecule has 72 valence electrons. The minimum absolute atomic E-state index is 0.119. The molecule has 0 fully saturated rings. The first-order valence-corrected chi connectivity index (χ1v) is 4.75. The monoisotopic (exact) mass is 198 g/mol. The molecule has 1 rings (SSSR count). The fourth-order valence-electron chi connectivity index (χ4n) is 1.37. The lowest BCUT2D eigenvalue weighted by atomic mass is 9.97. The lowest BCUT2D eigenvalue weighted by molar-refractivity contribution is 0.421. The molecule has 0 heterocycles. The molecule has 0 bridgehead atoms. The molecule has 0 aromatic heterocycles. The standard InChI is InChI=1S/C10H15ClN2/c1-7(2)10(13-12)8-5-3-4-6-9(8)11/h3-7,10,13H,12H2,1-2H3. The van der Waals surface area contributed by atoms with Gasteiger partial charge in [-0.15, -0.1) is 0 Å². The van der Waals surface area contributed by atoms with Gasteiger partial charge in [-0.05, 0) is 17.5 Å². The Kier molecular flexibility index (Phi) is 3.72. The van der Waals surface area contributed by atoms with Gasteiger partial charge >= 0.3 is 0 Å². The maximum Gasteiger partial charge on any atom is 0.0497 e. The normalized spacial score (nSPS) is 13.3. The largest absolute Gasteiger partial charge is 0.271 e. The van der Waals surface area contributed by atoms with Crippen molar-refractivity contribution in [2.45, 2.75) is 19.9 Å². The third-order valence-electron chi connectivity index (χ3n) is 2.09. The zero-order valence-corrected chi connectivity index (χ0v) is 8.68. The molecule has 0 aliphatic heterocycles. The molecular weight excluding hydrogens is 184 g/mol. The van der Waals surface area contributed by atoms with Crippen LogP contribution in [0.25, 0.3) is 0 Å². The van der Waals surface area contributed by atoms with E-state index < -0.39 is 0 Å².